The van der Waals surface area contributed by atoms with E-state index in [2.05, 4.69) is 58.2 Å². The van der Waals surface area contributed by atoms with Crippen molar-refractivity contribution in [2.45, 2.75) is 25.7 Å². The van der Waals surface area contributed by atoms with Crippen LogP contribution in [0.2, 0.25) is 0 Å². The van der Waals surface area contributed by atoms with Crippen LogP contribution < -0.4 is 10.6 Å². The van der Waals surface area contributed by atoms with Gasteiger partial charge in [-0.2, -0.15) is 0 Å². The van der Waals surface area contributed by atoms with Crippen LogP contribution in [0.1, 0.15) is 24.4 Å². The predicted octanol–water partition coefficient (Wildman–Crippen LogP) is 3.08. The van der Waals surface area contributed by atoms with Gasteiger partial charge in [0.1, 0.15) is 5.65 Å². The van der Waals surface area contributed by atoms with Gasteiger partial charge in [-0.3, -0.25) is 4.99 Å². The van der Waals surface area contributed by atoms with E-state index < -0.39 is 0 Å². The third kappa shape index (κ3) is 4.39. The molecule has 0 radical (unpaired) electrons. The van der Waals surface area contributed by atoms with Gasteiger partial charge in [-0.1, -0.05) is 26.0 Å². The average Bonchev–Trinajstić information content (AvgIpc) is 3.27. The summed E-state index contributed by atoms with van der Waals surface area (Å²) in [5.74, 6) is 0.827. The molecule has 0 atom stereocenters. The Morgan fingerprint density at radius 2 is 2.12 bits per heavy atom. The number of hydrogen-bond donors (Lipinski definition) is 2. The summed E-state index contributed by atoms with van der Waals surface area (Å²) in [6, 6.07) is 10.3. The first-order valence-corrected chi connectivity index (χ1v) is 9.37. The Hall–Kier alpha value is -2.34. The van der Waals surface area contributed by atoms with E-state index in [1.54, 1.807) is 18.4 Å². The van der Waals surface area contributed by atoms with E-state index in [0.717, 1.165) is 36.8 Å². The first kappa shape index (κ1) is 17.5. The molecule has 6 heteroatoms. The highest BCUT2D eigenvalue weighted by Gasteiger charge is 2.21. The minimum Gasteiger partial charge on any atom is -0.356 e. The molecule has 25 heavy (non-hydrogen) atoms. The zero-order valence-electron chi connectivity index (χ0n) is 15.0. The highest BCUT2D eigenvalue weighted by molar-refractivity contribution is 7.10. The summed E-state index contributed by atoms with van der Waals surface area (Å²) in [5, 5.41) is 8.93. The molecular weight excluding hydrogens is 330 g/mol. The van der Waals surface area contributed by atoms with Gasteiger partial charge in [-0.15, -0.1) is 11.3 Å². The molecule has 0 unspecified atom stereocenters. The van der Waals surface area contributed by atoms with E-state index in [9.17, 15) is 0 Å². The molecule has 132 valence electrons. The molecule has 0 amide bonds. The molecule has 0 fully saturated rings. The number of aromatic nitrogens is 2. The molecule has 3 aromatic rings. The second-order valence-corrected chi connectivity index (χ2v) is 7.61. The molecule has 0 saturated heterocycles. The van der Waals surface area contributed by atoms with Gasteiger partial charge in [-0.25, -0.2) is 4.98 Å². The number of rotatable bonds is 6. The predicted molar refractivity (Wildman–Crippen MR) is 106 cm³/mol. The highest BCUT2D eigenvalue weighted by Crippen LogP contribution is 2.26. The Morgan fingerprint density at radius 1 is 1.24 bits per heavy atom. The summed E-state index contributed by atoms with van der Waals surface area (Å²) in [4.78, 5) is 10.3. The molecule has 0 aliphatic rings. The van der Waals surface area contributed by atoms with E-state index >= 15 is 0 Å². The lowest BCUT2D eigenvalue weighted by Gasteiger charge is -2.25. The number of hydrogen-bond acceptors (Lipinski definition) is 3. The lowest BCUT2D eigenvalue weighted by molar-refractivity contribution is 0.518. The fourth-order valence-corrected chi connectivity index (χ4v) is 3.54. The Kier molecular flexibility index (Phi) is 5.38. The number of aliphatic imine (C=N–C) groups is 1. The minimum atomic E-state index is 0.0768. The first-order valence-electron chi connectivity index (χ1n) is 8.49. The van der Waals surface area contributed by atoms with Crippen molar-refractivity contribution in [2.75, 3.05) is 20.1 Å². The number of thiophene rings is 1. The Labute approximate surface area is 152 Å². The number of nitrogens with zero attached hydrogens (tertiary/aromatic N) is 3. The third-order valence-corrected chi connectivity index (χ3v) is 5.43. The number of pyridine rings is 1. The topological polar surface area (TPSA) is 53.7 Å². The van der Waals surface area contributed by atoms with E-state index in [-0.39, 0.29) is 5.41 Å². The average molecular weight is 356 g/mol. The third-order valence-electron chi connectivity index (χ3n) is 4.20. The molecule has 3 heterocycles. The maximum atomic E-state index is 4.62. The summed E-state index contributed by atoms with van der Waals surface area (Å²) >= 11 is 1.80. The molecule has 3 rings (SSSR count). The Balaban J connectivity index is 1.49. The van der Waals surface area contributed by atoms with Crippen LogP contribution in [-0.4, -0.2) is 35.5 Å². The van der Waals surface area contributed by atoms with Crippen LogP contribution in [-0.2, 0) is 11.8 Å². The zero-order valence-corrected chi connectivity index (χ0v) is 15.8. The van der Waals surface area contributed by atoms with Gasteiger partial charge in [0.2, 0.25) is 0 Å². The first-order chi connectivity index (χ1) is 12.1. The van der Waals surface area contributed by atoms with Crippen molar-refractivity contribution in [3.63, 3.8) is 0 Å². The van der Waals surface area contributed by atoms with Crippen molar-refractivity contribution in [3.8, 4) is 0 Å². The van der Waals surface area contributed by atoms with Gasteiger partial charge in [0.15, 0.2) is 5.96 Å². The van der Waals surface area contributed by atoms with Gasteiger partial charge < -0.3 is 15.0 Å². The van der Waals surface area contributed by atoms with E-state index in [1.807, 2.05) is 28.8 Å². The summed E-state index contributed by atoms with van der Waals surface area (Å²) in [7, 11) is 1.80. The maximum absolute atomic E-state index is 4.62. The standard InChI is InChI=1S/C19H25N5S/c1-19(2,16-7-6-12-25-16)14-22-18(20-3)21-10-9-15-13-24-11-5-4-8-17(24)23-15/h4-8,11-13H,9-10,14H2,1-3H3,(H2,20,21,22). The molecule has 0 aromatic carbocycles. The molecule has 0 saturated carbocycles. The quantitative estimate of drug-likeness (QED) is 0.528. The Bertz CT molecular complexity index is 800. The van der Waals surface area contributed by atoms with Crippen LogP contribution in [0.5, 0.6) is 0 Å². The van der Waals surface area contributed by atoms with E-state index in [1.165, 1.54) is 4.88 Å². The largest absolute Gasteiger partial charge is 0.356 e. The minimum absolute atomic E-state index is 0.0768. The fourth-order valence-electron chi connectivity index (χ4n) is 2.69. The summed E-state index contributed by atoms with van der Waals surface area (Å²) in [6.07, 6.45) is 4.95. The van der Waals surface area contributed by atoms with Crippen molar-refractivity contribution in [2.24, 2.45) is 4.99 Å². The van der Waals surface area contributed by atoms with Crippen LogP contribution in [0, 0.1) is 0 Å². The van der Waals surface area contributed by atoms with Crippen LogP contribution in [0.3, 0.4) is 0 Å². The molecule has 3 aromatic heterocycles. The smallest absolute Gasteiger partial charge is 0.191 e. The maximum Gasteiger partial charge on any atom is 0.191 e. The summed E-state index contributed by atoms with van der Waals surface area (Å²) in [5.41, 5.74) is 2.14. The SMILES string of the molecule is CN=C(NCCc1cn2ccccc2n1)NCC(C)(C)c1cccs1. The van der Waals surface area contributed by atoms with E-state index in [4.69, 9.17) is 0 Å². The van der Waals surface area contributed by atoms with Gasteiger partial charge >= 0.3 is 0 Å². The van der Waals surface area contributed by atoms with Gasteiger partial charge in [0, 0.05) is 49.2 Å². The monoisotopic (exact) mass is 355 g/mol. The van der Waals surface area contributed by atoms with Gasteiger partial charge in [0.25, 0.3) is 0 Å². The van der Waals surface area contributed by atoms with Crippen LogP contribution in [0.15, 0.2) is 53.1 Å². The normalized spacial score (nSPS) is 12.5. The molecule has 2 N–H and O–H groups in total. The Morgan fingerprint density at radius 3 is 2.84 bits per heavy atom. The van der Waals surface area contributed by atoms with Crippen LogP contribution in [0.4, 0.5) is 0 Å². The molecular formula is C19H25N5S. The van der Waals surface area contributed by atoms with E-state index in [0.29, 0.717) is 0 Å². The van der Waals surface area contributed by atoms with Crippen molar-refractivity contribution >= 4 is 22.9 Å². The number of guanidine groups is 1. The van der Waals surface area contributed by atoms with Crippen LogP contribution in [0.25, 0.3) is 5.65 Å². The van der Waals surface area contributed by atoms with Gasteiger partial charge in [-0.05, 0) is 23.6 Å². The summed E-state index contributed by atoms with van der Waals surface area (Å²) in [6.45, 7) is 6.12. The molecule has 0 spiro atoms. The van der Waals surface area contributed by atoms with Crippen molar-refractivity contribution < 1.29 is 0 Å². The molecule has 0 bridgehead atoms. The molecule has 5 nitrogen and oxygen atoms in total. The number of imidazole rings is 1. The lowest BCUT2D eigenvalue weighted by atomic mass is 9.91. The lowest BCUT2D eigenvalue weighted by Crippen LogP contribution is -2.43. The van der Waals surface area contributed by atoms with Crippen LogP contribution >= 0.6 is 11.3 Å². The molecule has 0 aliphatic heterocycles. The van der Waals surface area contributed by atoms with Crippen molar-refractivity contribution in [3.05, 3.63) is 58.7 Å². The number of nitrogens with one attached hydrogen (secondary N) is 2. The van der Waals surface area contributed by atoms with Crippen molar-refractivity contribution in [1.29, 1.82) is 0 Å². The fraction of sp³-hybridized carbons (Fsp3) is 0.368. The number of fused-ring (bicyclic) bond motifs is 1. The second-order valence-electron chi connectivity index (χ2n) is 6.66. The highest BCUT2D eigenvalue weighted by atomic mass is 32.1. The zero-order chi connectivity index (χ0) is 17.7. The second kappa shape index (κ2) is 7.70. The van der Waals surface area contributed by atoms with Gasteiger partial charge in [0.05, 0.1) is 5.69 Å². The summed E-state index contributed by atoms with van der Waals surface area (Å²) < 4.78 is 2.05. The molecule has 0 aliphatic carbocycles. The van der Waals surface area contributed by atoms with Crippen molar-refractivity contribution in [1.82, 2.24) is 20.0 Å².